The van der Waals surface area contributed by atoms with Gasteiger partial charge in [0.25, 0.3) is 0 Å². The average molecular weight is 505 g/mol. The molecule has 0 N–H and O–H groups in total. The molecule has 0 amide bonds. The van der Waals surface area contributed by atoms with E-state index < -0.39 is 0 Å². The molecule has 5 heteroatoms. The highest BCUT2D eigenvalue weighted by Crippen LogP contribution is 2.15. The van der Waals surface area contributed by atoms with Gasteiger partial charge in [-0.15, -0.1) is 0 Å². The Morgan fingerprint density at radius 3 is 1.35 bits per heavy atom. The number of aromatic nitrogens is 4. The maximum absolute atomic E-state index is 2.41. The molecule has 0 atom stereocenters. The molecule has 0 aliphatic carbocycles. The molecule has 184 valence electrons. The van der Waals surface area contributed by atoms with Gasteiger partial charge in [-0.25, -0.2) is 18.3 Å². The predicted octanol–water partition coefficient (Wildman–Crippen LogP) is 5.70. The number of fused-ring (bicyclic) bond motifs is 2. The van der Waals surface area contributed by atoms with Crippen LogP contribution in [0.3, 0.4) is 0 Å². The van der Waals surface area contributed by atoms with Crippen molar-refractivity contribution in [2.24, 2.45) is 0 Å². The minimum Gasteiger partial charge on any atom is -0.229 e. The van der Waals surface area contributed by atoms with Crippen LogP contribution in [0.5, 0.6) is 0 Å². The molecule has 0 unspecified atom stereocenters. The summed E-state index contributed by atoms with van der Waals surface area (Å²) in [4.78, 5) is 0. The largest absolute Gasteiger partial charge is 0.245 e. The fraction of sp³-hybridized carbons (Fsp3) is 0.188. The van der Waals surface area contributed by atoms with Gasteiger partial charge in [-0.05, 0) is 35.4 Å². The Labute approximate surface area is 222 Å². The molecule has 4 aromatic carbocycles. The first-order valence-corrected chi connectivity index (χ1v) is 14.1. The molecular formula is C32H32N4S+2. The SMILES string of the molecule is c1ccc(C[n+]2cn(CCSCCn3c[n+](Cc4ccccc4)c4ccccc43)c3ccccc32)cc1. The van der Waals surface area contributed by atoms with E-state index in [1.165, 1.54) is 33.2 Å². The van der Waals surface area contributed by atoms with E-state index in [9.17, 15) is 0 Å². The highest BCUT2D eigenvalue weighted by atomic mass is 32.2. The van der Waals surface area contributed by atoms with Crippen molar-refractivity contribution in [1.29, 1.82) is 0 Å². The summed E-state index contributed by atoms with van der Waals surface area (Å²) >= 11 is 2.03. The smallest absolute Gasteiger partial charge is 0.229 e. The van der Waals surface area contributed by atoms with E-state index in [2.05, 4.69) is 140 Å². The third kappa shape index (κ3) is 5.32. The number of thioether (sulfide) groups is 1. The lowest BCUT2D eigenvalue weighted by atomic mass is 10.2. The van der Waals surface area contributed by atoms with E-state index in [0.29, 0.717) is 0 Å². The average Bonchev–Trinajstić information content (AvgIpc) is 3.48. The van der Waals surface area contributed by atoms with Crippen LogP contribution in [0.4, 0.5) is 0 Å². The van der Waals surface area contributed by atoms with E-state index in [4.69, 9.17) is 0 Å². The Balaban J connectivity index is 1.10. The summed E-state index contributed by atoms with van der Waals surface area (Å²) in [5.41, 5.74) is 7.84. The zero-order valence-corrected chi connectivity index (χ0v) is 21.8. The molecule has 0 saturated carbocycles. The highest BCUT2D eigenvalue weighted by molar-refractivity contribution is 7.99. The van der Waals surface area contributed by atoms with Gasteiger partial charge in [0, 0.05) is 11.5 Å². The first-order valence-electron chi connectivity index (χ1n) is 13.0. The molecule has 6 rings (SSSR count). The standard InChI is InChI=1S/C32H32N4S/c1-3-11-27(12-4-1)23-35-25-33(29-15-7-9-17-31(29)35)19-21-37-22-20-34-26-36(24-28-13-5-2-6-14-28)32-18-10-8-16-30(32)34/h1-18,25-26H,19-24H2/q+2. The quantitative estimate of drug-likeness (QED) is 0.173. The van der Waals surface area contributed by atoms with Crippen molar-refractivity contribution < 1.29 is 9.13 Å². The molecule has 2 aromatic heterocycles. The van der Waals surface area contributed by atoms with Gasteiger partial charge in [0.05, 0.1) is 13.1 Å². The zero-order valence-electron chi connectivity index (χ0n) is 21.0. The van der Waals surface area contributed by atoms with Gasteiger partial charge in [0.15, 0.2) is 22.1 Å². The van der Waals surface area contributed by atoms with Gasteiger partial charge in [-0.1, -0.05) is 84.9 Å². The molecular weight excluding hydrogens is 472 g/mol. The van der Waals surface area contributed by atoms with Crippen molar-refractivity contribution in [1.82, 2.24) is 9.13 Å². The topological polar surface area (TPSA) is 17.6 Å². The minimum atomic E-state index is 0.894. The summed E-state index contributed by atoms with van der Waals surface area (Å²) in [5.74, 6) is 2.18. The number of imidazole rings is 2. The number of nitrogens with zero attached hydrogens (tertiary/aromatic N) is 4. The van der Waals surface area contributed by atoms with Crippen LogP contribution in [0.15, 0.2) is 122 Å². The molecule has 37 heavy (non-hydrogen) atoms. The molecule has 4 nitrogen and oxygen atoms in total. The Hall–Kier alpha value is -3.83. The van der Waals surface area contributed by atoms with Crippen LogP contribution in [-0.2, 0) is 26.2 Å². The van der Waals surface area contributed by atoms with Crippen LogP contribution in [0.2, 0.25) is 0 Å². The number of aryl methyl sites for hydroxylation is 2. The molecule has 0 spiro atoms. The van der Waals surface area contributed by atoms with Crippen molar-refractivity contribution >= 4 is 33.8 Å². The maximum atomic E-state index is 2.41. The number of hydrogen-bond donors (Lipinski definition) is 0. The van der Waals surface area contributed by atoms with Crippen molar-refractivity contribution in [3.05, 3.63) is 133 Å². The fourth-order valence-corrected chi connectivity index (χ4v) is 5.94. The zero-order chi connectivity index (χ0) is 24.9. The fourth-order valence-electron chi connectivity index (χ4n) is 5.08. The highest BCUT2D eigenvalue weighted by Gasteiger charge is 2.17. The lowest BCUT2D eigenvalue weighted by molar-refractivity contribution is -0.663. The summed E-state index contributed by atoms with van der Waals surface area (Å²) in [6.07, 6.45) is 4.56. The summed E-state index contributed by atoms with van der Waals surface area (Å²) in [6, 6.07) is 38.9. The van der Waals surface area contributed by atoms with Gasteiger partial charge >= 0.3 is 0 Å². The lowest BCUT2D eigenvalue weighted by Crippen LogP contribution is -2.32. The first-order chi connectivity index (χ1) is 18.3. The van der Waals surface area contributed by atoms with Gasteiger partial charge in [-0.3, -0.25) is 0 Å². The Morgan fingerprint density at radius 2 is 0.892 bits per heavy atom. The molecule has 0 bridgehead atoms. The van der Waals surface area contributed by atoms with Crippen molar-refractivity contribution in [3.63, 3.8) is 0 Å². The van der Waals surface area contributed by atoms with Crippen LogP contribution in [0, 0.1) is 0 Å². The van der Waals surface area contributed by atoms with E-state index in [1.54, 1.807) is 0 Å². The molecule has 0 fully saturated rings. The number of hydrogen-bond acceptors (Lipinski definition) is 1. The number of rotatable bonds is 10. The Kier molecular flexibility index (Phi) is 7.04. The molecule has 0 aliphatic heterocycles. The number of para-hydroxylation sites is 4. The third-order valence-electron chi connectivity index (χ3n) is 6.90. The third-order valence-corrected chi connectivity index (χ3v) is 7.85. The molecule has 0 radical (unpaired) electrons. The van der Waals surface area contributed by atoms with Gasteiger partial charge in [-0.2, -0.15) is 11.8 Å². The van der Waals surface area contributed by atoms with Crippen molar-refractivity contribution in [3.8, 4) is 0 Å². The van der Waals surface area contributed by atoms with E-state index in [-0.39, 0.29) is 0 Å². The van der Waals surface area contributed by atoms with Crippen molar-refractivity contribution in [2.75, 3.05) is 11.5 Å². The van der Waals surface area contributed by atoms with Crippen LogP contribution in [-0.4, -0.2) is 20.6 Å². The van der Waals surface area contributed by atoms with E-state index >= 15 is 0 Å². The Morgan fingerprint density at radius 1 is 0.486 bits per heavy atom. The summed E-state index contributed by atoms with van der Waals surface area (Å²) < 4.78 is 9.55. The molecule has 6 aromatic rings. The summed E-state index contributed by atoms with van der Waals surface area (Å²) in [5, 5.41) is 0. The van der Waals surface area contributed by atoms with Crippen LogP contribution in [0.25, 0.3) is 22.1 Å². The lowest BCUT2D eigenvalue weighted by Gasteiger charge is -2.00. The normalized spacial score (nSPS) is 11.5. The second-order valence-corrected chi connectivity index (χ2v) is 10.7. The molecule has 0 saturated heterocycles. The maximum Gasteiger partial charge on any atom is 0.245 e. The minimum absolute atomic E-state index is 0.894. The first kappa shape index (κ1) is 23.6. The van der Waals surface area contributed by atoms with E-state index in [1.807, 2.05) is 11.8 Å². The van der Waals surface area contributed by atoms with Crippen LogP contribution >= 0.6 is 11.8 Å². The molecule has 2 heterocycles. The van der Waals surface area contributed by atoms with Gasteiger partial charge in [0.2, 0.25) is 12.7 Å². The van der Waals surface area contributed by atoms with Gasteiger partial charge < -0.3 is 0 Å². The second kappa shape index (κ2) is 11.1. The summed E-state index contributed by atoms with van der Waals surface area (Å²) in [6.45, 7) is 3.80. The van der Waals surface area contributed by atoms with Gasteiger partial charge in [0.1, 0.15) is 13.1 Å². The van der Waals surface area contributed by atoms with Crippen molar-refractivity contribution in [2.45, 2.75) is 26.2 Å². The Bertz CT molecular complexity index is 1480. The second-order valence-electron chi connectivity index (χ2n) is 9.43. The van der Waals surface area contributed by atoms with E-state index in [0.717, 1.165) is 37.7 Å². The number of benzene rings is 4. The summed E-state index contributed by atoms with van der Waals surface area (Å²) in [7, 11) is 0. The molecule has 0 aliphatic rings. The van der Waals surface area contributed by atoms with Crippen LogP contribution < -0.4 is 9.13 Å². The predicted molar refractivity (Wildman–Crippen MR) is 153 cm³/mol. The van der Waals surface area contributed by atoms with Crippen LogP contribution in [0.1, 0.15) is 11.1 Å². The monoisotopic (exact) mass is 504 g/mol.